The Labute approximate surface area is 172 Å². The molecule has 0 heterocycles. The number of hydrazine groups is 1. The number of benzene rings is 3. The fourth-order valence-corrected chi connectivity index (χ4v) is 3.61. The summed E-state index contributed by atoms with van der Waals surface area (Å²) < 4.78 is 29.8. The summed E-state index contributed by atoms with van der Waals surface area (Å²) in [4.78, 5) is 23.3. The molecule has 3 rings (SSSR count). The maximum absolute atomic E-state index is 12.2. The van der Waals surface area contributed by atoms with Crippen LogP contribution in [0.15, 0.2) is 83.8 Å². The average molecular weight is 427 g/mol. The van der Waals surface area contributed by atoms with Crippen LogP contribution in [0.25, 0.3) is 11.1 Å². The van der Waals surface area contributed by atoms with Gasteiger partial charge in [-0.1, -0.05) is 54.6 Å². The number of amides is 1. The fraction of sp³-hybridized carbons (Fsp3) is 0.0500. The first kappa shape index (κ1) is 21.0. The van der Waals surface area contributed by atoms with E-state index in [1.54, 1.807) is 12.1 Å². The van der Waals surface area contributed by atoms with E-state index in [0.29, 0.717) is 5.75 Å². The first-order valence-corrected chi connectivity index (χ1v) is 10.2. The maximum Gasteiger partial charge on any atom is 0.289 e. The molecule has 2 N–H and O–H groups in total. The standard InChI is InChI=1S/C20H17N3O6S/c24-20(21-22-30(27,28)19-9-5-4-8-18(19)23(25)26)14-29-17-12-10-16(11-13-17)15-6-2-1-3-7-15/h1-13,22H,14H2,(H,21,24). The van der Waals surface area contributed by atoms with Gasteiger partial charge < -0.3 is 4.74 Å². The quantitative estimate of drug-likeness (QED) is 0.420. The monoisotopic (exact) mass is 427 g/mol. The third-order valence-electron chi connectivity index (χ3n) is 4.01. The van der Waals surface area contributed by atoms with Crippen LogP contribution >= 0.6 is 0 Å². The van der Waals surface area contributed by atoms with E-state index in [9.17, 15) is 23.3 Å². The second-order valence-electron chi connectivity index (χ2n) is 6.06. The Bertz CT molecular complexity index is 1150. The van der Waals surface area contributed by atoms with Gasteiger partial charge in [-0.3, -0.25) is 20.3 Å². The first-order valence-electron chi connectivity index (χ1n) is 8.69. The van der Waals surface area contributed by atoms with Crippen LogP contribution in [-0.2, 0) is 14.8 Å². The minimum absolute atomic E-state index is 0.423. The van der Waals surface area contributed by atoms with Crippen molar-refractivity contribution >= 4 is 21.6 Å². The van der Waals surface area contributed by atoms with Crippen molar-refractivity contribution in [3.8, 4) is 16.9 Å². The summed E-state index contributed by atoms with van der Waals surface area (Å²) in [6.45, 7) is -0.454. The number of nitro benzene ring substituents is 1. The van der Waals surface area contributed by atoms with Crippen molar-refractivity contribution in [3.05, 3.63) is 89.0 Å². The molecule has 3 aromatic rings. The third kappa shape index (κ3) is 5.19. The lowest BCUT2D eigenvalue weighted by molar-refractivity contribution is -0.387. The molecule has 0 atom stereocenters. The number of para-hydroxylation sites is 1. The molecule has 0 spiro atoms. The van der Waals surface area contributed by atoms with E-state index in [4.69, 9.17) is 4.74 Å². The van der Waals surface area contributed by atoms with Crippen molar-refractivity contribution in [2.24, 2.45) is 0 Å². The summed E-state index contributed by atoms with van der Waals surface area (Å²) in [6, 6.07) is 21.5. The van der Waals surface area contributed by atoms with Crippen LogP contribution < -0.4 is 15.0 Å². The van der Waals surface area contributed by atoms with Crippen molar-refractivity contribution < 1.29 is 22.9 Å². The van der Waals surface area contributed by atoms with Crippen LogP contribution in [0.3, 0.4) is 0 Å². The lowest BCUT2D eigenvalue weighted by Gasteiger charge is -2.10. The van der Waals surface area contributed by atoms with Crippen molar-refractivity contribution in [1.29, 1.82) is 0 Å². The van der Waals surface area contributed by atoms with Gasteiger partial charge in [0.15, 0.2) is 11.5 Å². The zero-order valence-corrected chi connectivity index (χ0v) is 16.3. The molecule has 0 aliphatic heterocycles. The van der Waals surface area contributed by atoms with Gasteiger partial charge in [0.25, 0.3) is 21.6 Å². The second kappa shape index (κ2) is 9.16. The highest BCUT2D eigenvalue weighted by atomic mass is 32.2. The van der Waals surface area contributed by atoms with Gasteiger partial charge in [0.05, 0.1) is 4.92 Å². The molecule has 0 saturated carbocycles. The van der Waals surface area contributed by atoms with Crippen molar-refractivity contribution in [1.82, 2.24) is 10.3 Å². The maximum atomic E-state index is 12.2. The van der Waals surface area contributed by atoms with Crippen LogP contribution in [0.2, 0.25) is 0 Å². The number of rotatable bonds is 8. The molecule has 0 bridgehead atoms. The Morgan fingerprint density at radius 3 is 2.17 bits per heavy atom. The number of carbonyl (C=O) groups is 1. The predicted octanol–water partition coefficient (Wildman–Crippen LogP) is 2.65. The number of hydrogen-bond donors (Lipinski definition) is 2. The molecule has 0 fully saturated rings. The van der Waals surface area contributed by atoms with Gasteiger partial charge in [-0.2, -0.15) is 0 Å². The summed E-state index contributed by atoms with van der Waals surface area (Å²) in [6.07, 6.45) is 0. The Morgan fingerprint density at radius 1 is 0.900 bits per heavy atom. The number of carbonyl (C=O) groups excluding carboxylic acids is 1. The summed E-state index contributed by atoms with van der Waals surface area (Å²) in [5.74, 6) is -0.351. The number of nitrogens with one attached hydrogen (secondary N) is 2. The van der Waals surface area contributed by atoms with E-state index in [1.165, 1.54) is 12.1 Å². The molecule has 1 amide bonds. The molecular formula is C20H17N3O6S. The van der Waals surface area contributed by atoms with Gasteiger partial charge >= 0.3 is 0 Å². The third-order valence-corrected chi connectivity index (χ3v) is 5.30. The minimum Gasteiger partial charge on any atom is -0.484 e. The lowest BCUT2D eigenvalue weighted by atomic mass is 10.1. The van der Waals surface area contributed by atoms with Gasteiger partial charge in [0.1, 0.15) is 5.75 Å². The Hall–Kier alpha value is -3.76. The lowest BCUT2D eigenvalue weighted by Crippen LogP contribution is -2.43. The minimum atomic E-state index is -4.33. The highest BCUT2D eigenvalue weighted by Crippen LogP contribution is 2.23. The highest BCUT2D eigenvalue weighted by Gasteiger charge is 2.25. The van der Waals surface area contributed by atoms with Crippen LogP contribution in [0, 0.1) is 10.1 Å². The average Bonchev–Trinajstić information content (AvgIpc) is 2.77. The SMILES string of the molecule is O=C(COc1ccc(-c2ccccc2)cc1)NNS(=O)(=O)c1ccccc1[N+](=O)[O-]. The van der Waals surface area contributed by atoms with Crippen molar-refractivity contribution in [2.45, 2.75) is 4.90 Å². The molecule has 0 unspecified atom stereocenters. The van der Waals surface area contributed by atoms with Crippen LogP contribution in [0.1, 0.15) is 0 Å². The van der Waals surface area contributed by atoms with E-state index < -0.39 is 38.0 Å². The zero-order chi connectivity index (χ0) is 21.6. The topological polar surface area (TPSA) is 128 Å². The van der Waals surface area contributed by atoms with E-state index in [2.05, 4.69) is 0 Å². The number of sulfonamides is 1. The number of nitro groups is 1. The molecule has 10 heteroatoms. The van der Waals surface area contributed by atoms with Crippen LogP contribution in [0.5, 0.6) is 5.75 Å². The Morgan fingerprint density at radius 2 is 1.50 bits per heavy atom. The van der Waals surface area contributed by atoms with Gasteiger partial charge in [-0.05, 0) is 29.3 Å². The largest absolute Gasteiger partial charge is 0.484 e. The zero-order valence-electron chi connectivity index (χ0n) is 15.5. The molecule has 154 valence electrons. The van der Waals surface area contributed by atoms with Crippen LogP contribution in [-0.4, -0.2) is 25.9 Å². The molecule has 0 aliphatic rings. The number of hydrogen-bond acceptors (Lipinski definition) is 6. The van der Waals surface area contributed by atoms with E-state index in [1.807, 2.05) is 52.7 Å². The normalized spacial score (nSPS) is 10.9. The molecule has 9 nitrogen and oxygen atoms in total. The molecule has 0 radical (unpaired) electrons. The molecule has 3 aromatic carbocycles. The molecule has 30 heavy (non-hydrogen) atoms. The smallest absolute Gasteiger partial charge is 0.289 e. The Kier molecular flexibility index (Phi) is 6.40. The molecule has 0 saturated heterocycles. The van der Waals surface area contributed by atoms with Gasteiger partial charge in [0, 0.05) is 6.07 Å². The van der Waals surface area contributed by atoms with Crippen molar-refractivity contribution in [3.63, 3.8) is 0 Å². The fourth-order valence-electron chi connectivity index (χ4n) is 2.57. The van der Waals surface area contributed by atoms with Crippen LogP contribution in [0.4, 0.5) is 5.69 Å². The van der Waals surface area contributed by atoms with Gasteiger partial charge in [-0.25, -0.2) is 8.42 Å². The highest BCUT2D eigenvalue weighted by molar-refractivity contribution is 7.89. The van der Waals surface area contributed by atoms with E-state index >= 15 is 0 Å². The summed E-state index contributed by atoms with van der Waals surface area (Å²) in [5, 5.41) is 11.0. The summed E-state index contributed by atoms with van der Waals surface area (Å²) in [5.41, 5.74) is 3.38. The summed E-state index contributed by atoms with van der Waals surface area (Å²) >= 11 is 0. The summed E-state index contributed by atoms with van der Waals surface area (Å²) in [7, 11) is -4.33. The Balaban J connectivity index is 1.56. The van der Waals surface area contributed by atoms with E-state index in [0.717, 1.165) is 23.3 Å². The predicted molar refractivity (Wildman–Crippen MR) is 109 cm³/mol. The van der Waals surface area contributed by atoms with Crippen molar-refractivity contribution in [2.75, 3.05) is 6.61 Å². The second-order valence-corrected chi connectivity index (χ2v) is 7.71. The van der Waals surface area contributed by atoms with Gasteiger partial charge in [-0.15, -0.1) is 4.83 Å². The van der Waals surface area contributed by atoms with E-state index in [-0.39, 0.29) is 0 Å². The first-order chi connectivity index (χ1) is 14.4. The molecular weight excluding hydrogens is 410 g/mol. The number of nitrogens with zero attached hydrogens (tertiary/aromatic N) is 1. The molecule has 0 aromatic heterocycles. The molecule has 0 aliphatic carbocycles. The van der Waals surface area contributed by atoms with Gasteiger partial charge in [0.2, 0.25) is 0 Å². The number of ether oxygens (including phenoxy) is 1.